The molecule has 106 heavy (non-hydrogen) atoms. The van der Waals surface area contributed by atoms with Crippen molar-refractivity contribution in [2.24, 2.45) is 0 Å². The van der Waals surface area contributed by atoms with E-state index in [0.29, 0.717) is 35.0 Å². The average molecular weight is 1760 g/mol. The quantitative estimate of drug-likeness (QED) is 0.115. The van der Waals surface area contributed by atoms with Gasteiger partial charge in [0.05, 0.1) is 42.3 Å². The molecule has 0 spiro atoms. The monoisotopic (exact) mass is 1760 g/mol. The summed E-state index contributed by atoms with van der Waals surface area (Å²) in [5.41, 5.74) is 22.6. The molecule has 0 fully saturated rings. The summed E-state index contributed by atoms with van der Waals surface area (Å²) >= 11 is 0. The largest absolute Gasteiger partial charge is 0.427 e. The Morgan fingerprint density at radius 3 is 1.21 bits per heavy atom. The Morgan fingerprint density at radius 2 is 0.792 bits per heavy atom. The number of aliphatic hydroxyl groups excluding tert-OH is 2. The molecule has 0 atom stereocenters. The van der Waals surface area contributed by atoms with Crippen LogP contribution in [0, 0.1) is 59.2 Å². The summed E-state index contributed by atoms with van der Waals surface area (Å²) in [6, 6.07) is 59.5. The van der Waals surface area contributed by atoms with Crippen LogP contribution in [-0.2, 0) is 40.2 Å². The first-order valence-corrected chi connectivity index (χ1v) is 35.3. The Balaban J connectivity index is 0.000000189. The van der Waals surface area contributed by atoms with E-state index in [9.17, 15) is 0 Å². The number of nitrogens with zero attached hydrogens (tertiary/aromatic N) is 12. The van der Waals surface area contributed by atoms with E-state index in [2.05, 4.69) is 258 Å². The molecule has 8 aromatic heterocycles. The first-order chi connectivity index (χ1) is 50.0. The number of aliphatic hydroxyl groups is 2. The first-order valence-electron chi connectivity index (χ1n) is 35.3. The minimum atomic E-state index is -0.167. The molecule has 0 amide bonds. The Morgan fingerprint density at radius 1 is 0.406 bits per heavy atom. The van der Waals surface area contributed by atoms with Crippen LogP contribution >= 0.6 is 0 Å². The number of benzene rings is 6. The van der Waals surface area contributed by atoms with Gasteiger partial charge in [0, 0.05) is 131 Å². The van der Waals surface area contributed by atoms with E-state index in [1.165, 1.54) is 83.5 Å². The molecular formula is C90H93Ir2N12O2-3. The van der Waals surface area contributed by atoms with Gasteiger partial charge < -0.3 is 23.9 Å². The molecule has 14 rings (SSSR count). The molecule has 0 aliphatic rings. The van der Waals surface area contributed by atoms with Crippen LogP contribution < -0.4 is 0 Å². The Bertz CT molecular complexity index is 4850. The van der Waals surface area contributed by atoms with Gasteiger partial charge in [0.15, 0.2) is 0 Å². The Labute approximate surface area is 653 Å². The van der Waals surface area contributed by atoms with Gasteiger partial charge in [-0.05, 0) is 176 Å². The van der Waals surface area contributed by atoms with Crippen molar-refractivity contribution in [3.8, 4) is 68.0 Å². The second kappa shape index (κ2) is 39.1. The van der Waals surface area contributed by atoms with E-state index in [4.69, 9.17) is 23.4 Å². The summed E-state index contributed by atoms with van der Waals surface area (Å²) in [5.74, 6) is 5.03. The minimum Gasteiger partial charge on any atom is -0.427 e. The van der Waals surface area contributed by atoms with Crippen LogP contribution in [-0.4, -0.2) is 70.6 Å². The fourth-order valence-corrected chi connectivity index (χ4v) is 12.5. The van der Waals surface area contributed by atoms with Gasteiger partial charge in [-0.25, -0.2) is 4.98 Å². The minimum absolute atomic E-state index is 0. The predicted molar refractivity (Wildman–Crippen MR) is 426 cm³/mol. The fraction of sp³-hybridized carbons (Fsp3) is 0.244. The van der Waals surface area contributed by atoms with Crippen molar-refractivity contribution in [3.63, 3.8) is 0 Å². The first kappa shape index (κ1) is 82.9. The zero-order valence-electron chi connectivity index (χ0n) is 63.3. The fourth-order valence-electron chi connectivity index (χ4n) is 12.5. The van der Waals surface area contributed by atoms with Crippen LogP contribution in [0.3, 0.4) is 0 Å². The van der Waals surface area contributed by atoms with Gasteiger partial charge in [-0.15, -0.1) is 59.0 Å². The normalized spacial score (nSPS) is 10.7. The van der Waals surface area contributed by atoms with Crippen molar-refractivity contribution in [3.05, 3.63) is 312 Å². The maximum absolute atomic E-state index is 8.06. The van der Waals surface area contributed by atoms with Crippen LogP contribution in [0.4, 0.5) is 11.4 Å². The summed E-state index contributed by atoms with van der Waals surface area (Å²) in [4.78, 5) is 33.7. The Hall–Kier alpha value is -10.4. The van der Waals surface area contributed by atoms with Crippen LogP contribution in [0.25, 0.3) is 99.5 Å². The summed E-state index contributed by atoms with van der Waals surface area (Å²) in [5, 5.41) is 18.4. The Kier molecular flexibility index (Phi) is 30.6. The van der Waals surface area contributed by atoms with E-state index < -0.39 is 0 Å². The zero-order valence-corrected chi connectivity index (χ0v) is 68.0. The number of hydrogen-bond acceptors (Lipinski definition) is 8. The van der Waals surface area contributed by atoms with Gasteiger partial charge in [-0.2, -0.15) is 12.1 Å². The molecule has 0 aliphatic heterocycles. The number of para-hydroxylation sites is 2. The summed E-state index contributed by atoms with van der Waals surface area (Å²) in [6.45, 7) is 47.7. The number of pyridine rings is 4. The van der Waals surface area contributed by atoms with Crippen molar-refractivity contribution >= 4 is 33.2 Å². The van der Waals surface area contributed by atoms with Crippen LogP contribution in [0.1, 0.15) is 151 Å². The van der Waals surface area contributed by atoms with Crippen LogP contribution in [0.2, 0.25) is 0 Å². The SMILES string of the molecule is CC(C)O.CC(C)O.Cc1cccc(C)c1-c1ccnc(-n2[c-]cc3ccncc32)c1.Cc1cccc(C)c1-c1ccnc(-n2ccc3ccncc32)c1.[C-]#[N+]c1cc[c-]c(-c2nccn2-c2c(C(C)C)cccc2C(C)C)c1.[C-]#[N+]c1cc[c-]c(-c2nccn2-c2c(C(C)C)cccc2C(C)C)c1.[Ir].[Ir]. The number of aryl methyl sites for hydroxylation is 4. The maximum atomic E-state index is 8.06. The number of fused-ring (bicyclic) bond motifs is 2. The molecular weight excluding hydrogens is 1670 g/mol. The second-order valence-electron chi connectivity index (χ2n) is 27.3. The predicted octanol–water partition coefficient (Wildman–Crippen LogP) is 22.3. The van der Waals surface area contributed by atoms with E-state index in [0.717, 1.165) is 50.8 Å². The third-order valence-electron chi connectivity index (χ3n) is 17.2. The molecule has 14 aromatic rings. The van der Waals surface area contributed by atoms with Crippen molar-refractivity contribution < 1.29 is 50.4 Å². The molecule has 2 N–H and O–H groups in total. The van der Waals surface area contributed by atoms with Crippen LogP contribution in [0.15, 0.2) is 226 Å². The van der Waals surface area contributed by atoms with Gasteiger partial charge in [-0.1, -0.05) is 152 Å². The van der Waals surface area contributed by atoms with Gasteiger partial charge in [0.2, 0.25) is 0 Å². The van der Waals surface area contributed by atoms with Crippen LogP contribution in [0.5, 0.6) is 0 Å². The van der Waals surface area contributed by atoms with Gasteiger partial charge in [-0.3, -0.25) is 39.2 Å². The number of aromatic nitrogens is 10. The van der Waals surface area contributed by atoms with E-state index in [1.54, 1.807) is 58.2 Å². The summed E-state index contributed by atoms with van der Waals surface area (Å²) in [7, 11) is 0. The maximum Gasteiger partial charge on any atom is 0.137 e. The number of rotatable bonds is 12. The molecule has 546 valence electrons. The molecule has 2 radical (unpaired) electrons. The number of hydrogen-bond donors (Lipinski definition) is 2. The third-order valence-corrected chi connectivity index (χ3v) is 17.2. The van der Waals surface area contributed by atoms with Gasteiger partial charge >= 0.3 is 0 Å². The second-order valence-corrected chi connectivity index (χ2v) is 27.3. The average Bonchev–Trinajstić information content (AvgIpc) is 1.43. The van der Waals surface area contributed by atoms with Gasteiger partial charge in [0.1, 0.15) is 17.2 Å². The van der Waals surface area contributed by atoms with E-state index >= 15 is 0 Å². The molecule has 0 unspecified atom stereocenters. The van der Waals surface area contributed by atoms with Crippen molar-refractivity contribution in [2.75, 3.05) is 0 Å². The molecule has 14 nitrogen and oxygen atoms in total. The standard InChI is InChI=1S/2C22H22N3.C20H17N3.C20H16N3.2C3H8O.2Ir/c2*1-15(2)19-10-7-11-20(16(3)4)21(19)25-13-12-24-22(25)17-8-6-9-18(14-17)23-5;2*1-14-4-3-5-15(2)20(14)17-7-10-22-19(12-17)23-11-8-16-6-9-21-13-18(16)23;2*1-3(2)4;;/h2*6-7,9-16H,1-4H3;3-13H,1-2H3;3-10,12-13H,1-2H3;2*3-4H,1-2H3;;/q2*-1;;-1;;;;. The smallest absolute Gasteiger partial charge is 0.137 e. The van der Waals surface area contributed by atoms with Crippen molar-refractivity contribution in [1.82, 2.24) is 48.2 Å². The molecule has 0 saturated heterocycles. The zero-order chi connectivity index (χ0) is 74.7. The molecule has 0 saturated carbocycles. The molecule has 0 aliphatic carbocycles. The van der Waals surface area contributed by atoms with Crippen molar-refractivity contribution in [2.45, 2.75) is 147 Å². The molecule has 6 aromatic carbocycles. The number of imidazole rings is 2. The van der Waals surface area contributed by atoms with E-state index in [1.807, 2.05) is 96.9 Å². The van der Waals surface area contributed by atoms with Crippen molar-refractivity contribution in [1.29, 1.82) is 0 Å². The summed E-state index contributed by atoms with van der Waals surface area (Å²) in [6.07, 6.45) is 23.7. The molecule has 8 heterocycles. The van der Waals surface area contributed by atoms with E-state index in [-0.39, 0.29) is 52.4 Å². The summed E-state index contributed by atoms with van der Waals surface area (Å²) < 4.78 is 8.33. The molecule has 16 heteroatoms. The molecule has 0 bridgehead atoms. The third kappa shape index (κ3) is 20.6. The topological polar surface area (TPSA) is 146 Å². The van der Waals surface area contributed by atoms with Gasteiger partial charge in [0.25, 0.3) is 0 Å².